The quantitative estimate of drug-likeness (QED) is 0.744. The number of pyridine rings is 1. The lowest BCUT2D eigenvalue weighted by Crippen LogP contribution is -2.36. The Kier molecular flexibility index (Phi) is 5.36. The lowest BCUT2D eigenvalue weighted by Gasteiger charge is -2.27. The van der Waals surface area contributed by atoms with Crippen LogP contribution in [0, 0.1) is 0 Å². The van der Waals surface area contributed by atoms with E-state index in [1.54, 1.807) is 0 Å². The SMILES string of the molecule is Clc1nc(OCc2cccc(N3CCCC3)n2)cc(N2CCOCC2)n1. The number of anilines is 2. The van der Waals surface area contributed by atoms with Crippen molar-refractivity contribution in [2.24, 2.45) is 0 Å². The second-order valence-corrected chi connectivity index (χ2v) is 6.74. The van der Waals surface area contributed by atoms with Crippen LogP contribution < -0.4 is 14.5 Å². The molecule has 26 heavy (non-hydrogen) atoms. The molecule has 4 rings (SSSR count). The highest BCUT2D eigenvalue weighted by Crippen LogP contribution is 2.22. The fourth-order valence-corrected chi connectivity index (χ4v) is 3.40. The van der Waals surface area contributed by atoms with E-state index in [1.165, 1.54) is 12.8 Å². The van der Waals surface area contributed by atoms with Gasteiger partial charge in [0.15, 0.2) is 0 Å². The van der Waals surface area contributed by atoms with Crippen LogP contribution in [0.25, 0.3) is 0 Å². The van der Waals surface area contributed by atoms with E-state index in [0.29, 0.717) is 25.7 Å². The predicted octanol–water partition coefficient (Wildman–Crippen LogP) is 2.54. The Morgan fingerprint density at radius 1 is 0.962 bits per heavy atom. The van der Waals surface area contributed by atoms with Crippen molar-refractivity contribution in [2.45, 2.75) is 19.4 Å². The average Bonchev–Trinajstić information content (AvgIpc) is 3.22. The van der Waals surface area contributed by atoms with Gasteiger partial charge in [0, 0.05) is 32.2 Å². The molecule has 0 bridgehead atoms. The third kappa shape index (κ3) is 4.16. The lowest BCUT2D eigenvalue weighted by atomic mass is 10.3. The molecule has 0 saturated carbocycles. The van der Waals surface area contributed by atoms with E-state index in [0.717, 1.165) is 43.5 Å². The highest BCUT2D eigenvalue weighted by atomic mass is 35.5. The van der Waals surface area contributed by atoms with Gasteiger partial charge in [0.05, 0.1) is 18.9 Å². The van der Waals surface area contributed by atoms with Crippen molar-refractivity contribution >= 4 is 23.2 Å². The molecule has 0 amide bonds. The van der Waals surface area contributed by atoms with Gasteiger partial charge in [-0.25, -0.2) is 9.97 Å². The van der Waals surface area contributed by atoms with Crippen LogP contribution in [0.4, 0.5) is 11.6 Å². The van der Waals surface area contributed by atoms with Crippen LogP contribution in [0.1, 0.15) is 18.5 Å². The third-order valence-electron chi connectivity index (χ3n) is 4.59. The zero-order valence-corrected chi connectivity index (χ0v) is 15.4. The highest BCUT2D eigenvalue weighted by Gasteiger charge is 2.16. The molecule has 0 aliphatic carbocycles. The fourth-order valence-electron chi connectivity index (χ4n) is 3.23. The summed E-state index contributed by atoms with van der Waals surface area (Å²) in [7, 11) is 0. The molecule has 8 heteroatoms. The van der Waals surface area contributed by atoms with E-state index < -0.39 is 0 Å². The highest BCUT2D eigenvalue weighted by molar-refractivity contribution is 6.28. The van der Waals surface area contributed by atoms with Crippen LogP contribution in [0.5, 0.6) is 5.88 Å². The molecule has 4 heterocycles. The molecule has 0 spiro atoms. The molecular formula is C18H22ClN5O2. The molecule has 0 aromatic carbocycles. The topological polar surface area (TPSA) is 63.6 Å². The third-order valence-corrected chi connectivity index (χ3v) is 4.76. The molecule has 2 saturated heterocycles. The van der Waals surface area contributed by atoms with E-state index in [1.807, 2.05) is 24.3 Å². The van der Waals surface area contributed by atoms with Gasteiger partial charge in [0.2, 0.25) is 11.2 Å². The van der Waals surface area contributed by atoms with Gasteiger partial charge in [-0.3, -0.25) is 0 Å². The Morgan fingerprint density at radius 3 is 2.54 bits per heavy atom. The van der Waals surface area contributed by atoms with Gasteiger partial charge in [-0.15, -0.1) is 0 Å². The fraction of sp³-hybridized carbons (Fsp3) is 0.500. The molecule has 0 radical (unpaired) electrons. The summed E-state index contributed by atoms with van der Waals surface area (Å²) in [6, 6.07) is 7.85. The van der Waals surface area contributed by atoms with Gasteiger partial charge in [-0.1, -0.05) is 6.07 Å². The number of halogens is 1. The zero-order valence-electron chi connectivity index (χ0n) is 14.6. The van der Waals surface area contributed by atoms with E-state index in [2.05, 4.69) is 19.8 Å². The van der Waals surface area contributed by atoms with Gasteiger partial charge >= 0.3 is 0 Å². The predicted molar refractivity (Wildman–Crippen MR) is 100 cm³/mol. The lowest BCUT2D eigenvalue weighted by molar-refractivity contribution is 0.122. The summed E-state index contributed by atoms with van der Waals surface area (Å²) < 4.78 is 11.2. The summed E-state index contributed by atoms with van der Waals surface area (Å²) in [5.74, 6) is 2.24. The molecule has 0 unspecified atom stereocenters. The second-order valence-electron chi connectivity index (χ2n) is 6.40. The van der Waals surface area contributed by atoms with Gasteiger partial charge in [-0.05, 0) is 36.6 Å². The molecule has 138 valence electrons. The van der Waals surface area contributed by atoms with Crippen molar-refractivity contribution in [1.29, 1.82) is 0 Å². The van der Waals surface area contributed by atoms with Crippen molar-refractivity contribution in [3.8, 4) is 5.88 Å². The minimum atomic E-state index is 0.183. The maximum Gasteiger partial charge on any atom is 0.227 e. The standard InChI is InChI=1S/C18H22ClN5O2/c19-18-21-16(24-8-10-25-11-9-24)12-17(22-18)26-13-14-4-3-5-15(20-14)23-6-1-2-7-23/h3-5,12H,1-2,6-11,13H2. The van der Waals surface area contributed by atoms with Crippen LogP contribution in [-0.4, -0.2) is 54.3 Å². The van der Waals surface area contributed by atoms with Crippen LogP contribution in [0.15, 0.2) is 24.3 Å². The first-order valence-corrected chi connectivity index (χ1v) is 9.37. The summed E-state index contributed by atoms with van der Waals surface area (Å²) in [6.45, 7) is 5.43. The Hall–Kier alpha value is -2.12. The van der Waals surface area contributed by atoms with Crippen molar-refractivity contribution in [2.75, 3.05) is 49.2 Å². The van der Waals surface area contributed by atoms with Gasteiger partial charge in [0.1, 0.15) is 18.2 Å². The monoisotopic (exact) mass is 375 g/mol. The minimum Gasteiger partial charge on any atom is -0.471 e. The van der Waals surface area contributed by atoms with E-state index in [4.69, 9.17) is 26.1 Å². The summed E-state index contributed by atoms with van der Waals surface area (Å²) in [4.78, 5) is 17.6. The van der Waals surface area contributed by atoms with Crippen LogP contribution >= 0.6 is 11.6 Å². The first-order chi connectivity index (χ1) is 12.8. The Labute approximate surface area is 157 Å². The Morgan fingerprint density at radius 2 is 1.73 bits per heavy atom. The molecule has 2 aliphatic rings. The smallest absolute Gasteiger partial charge is 0.227 e. The Bertz CT molecular complexity index is 748. The molecule has 2 fully saturated rings. The summed E-state index contributed by atoms with van der Waals surface area (Å²) in [5, 5.41) is 0.183. The number of rotatable bonds is 5. The second kappa shape index (κ2) is 8.05. The van der Waals surface area contributed by atoms with Crippen LogP contribution in [0.2, 0.25) is 5.28 Å². The van der Waals surface area contributed by atoms with Gasteiger partial charge < -0.3 is 19.3 Å². The first kappa shape index (κ1) is 17.3. The van der Waals surface area contributed by atoms with Gasteiger partial charge in [0.25, 0.3) is 0 Å². The maximum atomic E-state index is 6.08. The van der Waals surface area contributed by atoms with Crippen LogP contribution in [0.3, 0.4) is 0 Å². The molecule has 7 nitrogen and oxygen atoms in total. The van der Waals surface area contributed by atoms with E-state index >= 15 is 0 Å². The largest absolute Gasteiger partial charge is 0.471 e. The van der Waals surface area contributed by atoms with Crippen molar-refractivity contribution in [3.63, 3.8) is 0 Å². The average molecular weight is 376 g/mol. The number of morpholine rings is 1. The first-order valence-electron chi connectivity index (χ1n) is 8.99. The normalized spacial score (nSPS) is 17.6. The summed E-state index contributed by atoms with van der Waals surface area (Å²) >= 11 is 6.08. The molecule has 0 atom stereocenters. The number of aromatic nitrogens is 3. The zero-order chi connectivity index (χ0) is 17.8. The number of ether oxygens (including phenoxy) is 2. The van der Waals surface area contributed by atoms with Crippen molar-refractivity contribution in [1.82, 2.24) is 15.0 Å². The summed E-state index contributed by atoms with van der Waals surface area (Å²) in [6.07, 6.45) is 2.46. The molecule has 2 aromatic heterocycles. The van der Waals surface area contributed by atoms with Crippen LogP contribution in [-0.2, 0) is 11.3 Å². The Balaban J connectivity index is 1.44. The maximum absolute atomic E-state index is 6.08. The molecule has 2 aliphatic heterocycles. The number of hydrogen-bond donors (Lipinski definition) is 0. The number of hydrogen-bond acceptors (Lipinski definition) is 7. The molecule has 2 aromatic rings. The van der Waals surface area contributed by atoms with Crippen molar-refractivity contribution < 1.29 is 9.47 Å². The molecular weight excluding hydrogens is 354 g/mol. The van der Waals surface area contributed by atoms with Crippen molar-refractivity contribution in [3.05, 3.63) is 35.2 Å². The van der Waals surface area contributed by atoms with Gasteiger partial charge in [-0.2, -0.15) is 4.98 Å². The molecule has 0 N–H and O–H groups in total. The van der Waals surface area contributed by atoms with E-state index in [-0.39, 0.29) is 5.28 Å². The summed E-state index contributed by atoms with van der Waals surface area (Å²) in [5.41, 5.74) is 0.872. The van der Waals surface area contributed by atoms with E-state index in [9.17, 15) is 0 Å². The minimum absolute atomic E-state index is 0.183. The number of nitrogens with zero attached hydrogens (tertiary/aromatic N) is 5.